The van der Waals surface area contributed by atoms with Gasteiger partial charge in [-0.2, -0.15) is 13.2 Å². The molecule has 0 spiro atoms. The molecule has 0 radical (unpaired) electrons. The average molecular weight is 538 g/mol. The fraction of sp³-hybridized carbons (Fsp3) is 0.419. The topological polar surface area (TPSA) is 48.4 Å². The number of fused-ring (bicyclic) bond motifs is 1. The molecular formula is C31H27F4NO3. The lowest BCUT2D eigenvalue weighted by Gasteiger charge is -2.21. The van der Waals surface area contributed by atoms with E-state index >= 15 is 4.39 Å². The first-order valence-corrected chi connectivity index (χ1v) is 13.3. The van der Waals surface area contributed by atoms with Gasteiger partial charge in [0.15, 0.2) is 0 Å². The van der Waals surface area contributed by atoms with Gasteiger partial charge in [0.05, 0.1) is 17.6 Å². The van der Waals surface area contributed by atoms with Crippen molar-refractivity contribution < 1.29 is 31.8 Å². The van der Waals surface area contributed by atoms with Crippen LogP contribution in [0.3, 0.4) is 0 Å². The summed E-state index contributed by atoms with van der Waals surface area (Å²) in [6.45, 7) is 5.90. The van der Waals surface area contributed by atoms with Crippen molar-refractivity contribution in [3.05, 3.63) is 93.4 Å². The van der Waals surface area contributed by atoms with Crippen LogP contribution in [0.5, 0.6) is 5.88 Å². The van der Waals surface area contributed by atoms with Gasteiger partial charge in [0, 0.05) is 35.6 Å². The molecule has 1 heterocycles. The monoisotopic (exact) mass is 537 g/mol. The van der Waals surface area contributed by atoms with Crippen LogP contribution >= 0.6 is 0 Å². The molecular weight excluding hydrogens is 510 g/mol. The van der Waals surface area contributed by atoms with Crippen LogP contribution in [0.4, 0.5) is 17.6 Å². The number of pyridine rings is 1. The lowest BCUT2D eigenvalue weighted by molar-refractivity contribution is -0.147. The number of benzene rings is 2. The van der Waals surface area contributed by atoms with Gasteiger partial charge in [-0.15, -0.1) is 0 Å². The van der Waals surface area contributed by atoms with Crippen LogP contribution in [0.25, 0.3) is 0 Å². The molecule has 2 bridgehead atoms. The Balaban J connectivity index is 1.16. The molecule has 3 aromatic rings. The molecule has 5 aliphatic rings. The van der Waals surface area contributed by atoms with Gasteiger partial charge in [-0.3, -0.25) is 4.79 Å². The predicted octanol–water partition coefficient (Wildman–Crippen LogP) is 7.01. The van der Waals surface area contributed by atoms with Crippen molar-refractivity contribution in [3.63, 3.8) is 0 Å². The molecule has 1 aromatic heterocycles. The Hall–Kier alpha value is -3.42. The number of alkyl halides is 3. The van der Waals surface area contributed by atoms with Gasteiger partial charge < -0.3 is 9.47 Å². The number of rotatable bonds is 6. The number of aromatic nitrogens is 1. The normalized spacial score (nSPS) is 28.4. The first-order valence-electron chi connectivity index (χ1n) is 13.3. The van der Waals surface area contributed by atoms with E-state index in [2.05, 4.69) is 4.98 Å². The number of esters is 1. The van der Waals surface area contributed by atoms with Gasteiger partial charge in [-0.1, -0.05) is 32.0 Å². The van der Waals surface area contributed by atoms with E-state index in [4.69, 9.17) is 9.47 Å². The Labute approximate surface area is 223 Å². The van der Waals surface area contributed by atoms with E-state index in [0.29, 0.717) is 30.0 Å². The summed E-state index contributed by atoms with van der Waals surface area (Å²) in [5.74, 6) is -0.188. The fourth-order valence-electron chi connectivity index (χ4n) is 7.60. The zero-order chi connectivity index (χ0) is 27.5. The van der Waals surface area contributed by atoms with E-state index in [9.17, 15) is 18.0 Å². The summed E-state index contributed by atoms with van der Waals surface area (Å²) in [4.78, 5) is 16.9. The van der Waals surface area contributed by atoms with E-state index in [1.165, 1.54) is 18.2 Å². The molecule has 2 saturated carbocycles. The van der Waals surface area contributed by atoms with Crippen LogP contribution in [0, 0.1) is 17.2 Å². The molecule has 5 atom stereocenters. The van der Waals surface area contributed by atoms with Crippen LogP contribution in [-0.4, -0.2) is 17.6 Å². The molecule has 39 heavy (non-hydrogen) atoms. The molecule has 0 saturated heterocycles. The Morgan fingerprint density at radius 3 is 2.54 bits per heavy atom. The second kappa shape index (κ2) is 7.83. The lowest BCUT2D eigenvalue weighted by atomic mass is 9.84. The number of nitrogens with zero attached hydrogens (tertiary/aromatic N) is 1. The lowest BCUT2D eigenvalue weighted by Crippen LogP contribution is -2.15. The highest BCUT2D eigenvalue weighted by atomic mass is 19.4. The minimum atomic E-state index is -4.48. The van der Waals surface area contributed by atoms with Gasteiger partial charge >= 0.3 is 12.1 Å². The van der Waals surface area contributed by atoms with Crippen molar-refractivity contribution in [1.82, 2.24) is 4.98 Å². The Kier molecular flexibility index (Phi) is 4.94. The fourth-order valence-corrected chi connectivity index (χ4v) is 7.60. The van der Waals surface area contributed by atoms with Crippen molar-refractivity contribution >= 4 is 5.97 Å². The largest absolute Gasteiger partial charge is 0.473 e. The van der Waals surface area contributed by atoms with Crippen molar-refractivity contribution in [2.24, 2.45) is 11.3 Å². The van der Waals surface area contributed by atoms with Crippen molar-refractivity contribution in [2.45, 2.75) is 63.1 Å². The molecule has 5 aliphatic carbocycles. The minimum Gasteiger partial charge on any atom is -0.473 e. The van der Waals surface area contributed by atoms with Crippen molar-refractivity contribution in [1.29, 1.82) is 0 Å². The molecule has 8 rings (SSSR count). The summed E-state index contributed by atoms with van der Waals surface area (Å²) in [7, 11) is 0. The van der Waals surface area contributed by atoms with E-state index in [-0.39, 0.29) is 41.5 Å². The quantitative estimate of drug-likeness (QED) is 0.251. The van der Waals surface area contributed by atoms with Crippen LogP contribution in [0.1, 0.15) is 83.9 Å². The standard InChI is InChI=1S/C31H27F4NO3/c1-4-38-28(37)30-25-18-10-24(36-13-20(18)26(30)27(25)30)39-14-15-9-17-19(12-29(2,3)22(17)11-23(15)32)16-7-5-6-8-21(16)31(33,34)35/h5-11,13,19,25-27H,4,12,14H2,1-3H3/t19?,25?,26-,27+,30-/m0/s1. The summed E-state index contributed by atoms with van der Waals surface area (Å²) < 4.78 is 68.0. The summed E-state index contributed by atoms with van der Waals surface area (Å²) in [5, 5.41) is 0. The number of carbonyl (C=O) groups is 1. The second-order valence-electron chi connectivity index (χ2n) is 11.8. The molecule has 2 unspecified atom stereocenters. The van der Waals surface area contributed by atoms with E-state index in [1.54, 1.807) is 25.3 Å². The number of carbonyl (C=O) groups excluding carboxylic acids is 1. The average Bonchev–Trinajstić information content (AvgIpc) is 3.63. The van der Waals surface area contributed by atoms with Gasteiger partial charge in [-0.05, 0) is 70.7 Å². The van der Waals surface area contributed by atoms with E-state index < -0.39 is 34.3 Å². The van der Waals surface area contributed by atoms with Crippen LogP contribution in [0.2, 0.25) is 0 Å². The van der Waals surface area contributed by atoms with Crippen molar-refractivity contribution in [2.75, 3.05) is 6.61 Å². The highest BCUT2D eigenvalue weighted by Gasteiger charge is 2.95. The van der Waals surface area contributed by atoms with E-state index in [0.717, 1.165) is 17.2 Å². The van der Waals surface area contributed by atoms with Crippen molar-refractivity contribution in [3.8, 4) is 5.88 Å². The third-order valence-corrected chi connectivity index (χ3v) is 9.38. The first-order chi connectivity index (χ1) is 18.5. The minimum absolute atomic E-state index is 0.112. The maximum absolute atomic E-state index is 15.3. The Morgan fingerprint density at radius 2 is 1.79 bits per heavy atom. The number of halogens is 4. The summed E-state index contributed by atoms with van der Waals surface area (Å²) in [6, 6.07) is 10.6. The molecule has 4 nitrogen and oxygen atoms in total. The third kappa shape index (κ3) is 3.29. The Morgan fingerprint density at radius 1 is 1.05 bits per heavy atom. The molecule has 202 valence electrons. The maximum atomic E-state index is 15.3. The highest BCUT2D eigenvalue weighted by Crippen LogP contribution is 2.97. The molecule has 2 aromatic carbocycles. The molecule has 2 fully saturated rings. The van der Waals surface area contributed by atoms with Crippen LogP contribution in [0.15, 0.2) is 48.7 Å². The van der Waals surface area contributed by atoms with E-state index in [1.807, 2.05) is 19.9 Å². The molecule has 0 aliphatic heterocycles. The smallest absolute Gasteiger partial charge is 0.416 e. The zero-order valence-electron chi connectivity index (χ0n) is 21.7. The third-order valence-electron chi connectivity index (χ3n) is 9.38. The maximum Gasteiger partial charge on any atom is 0.416 e. The first kappa shape index (κ1) is 24.6. The van der Waals surface area contributed by atoms with Gasteiger partial charge in [0.25, 0.3) is 0 Å². The SMILES string of the molecule is CCOC(=O)[C@@]12C3c4cc(OCc5cc6c(cc5F)C(C)(C)CC6c5ccccc5C(F)(F)F)ncc4[C@H]1[C@@H]32. The summed E-state index contributed by atoms with van der Waals surface area (Å²) in [5.41, 5.74) is 2.41. The van der Waals surface area contributed by atoms with Crippen LogP contribution in [-0.2, 0) is 27.7 Å². The summed E-state index contributed by atoms with van der Waals surface area (Å²) >= 11 is 0. The Bertz CT molecular complexity index is 1550. The summed E-state index contributed by atoms with van der Waals surface area (Å²) in [6.07, 6.45) is -2.30. The van der Waals surface area contributed by atoms with Gasteiger partial charge in [0.2, 0.25) is 5.88 Å². The van der Waals surface area contributed by atoms with Gasteiger partial charge in [-0.25, -0.2) is 9.37 Å². The molecule has 8 heteroatoms. The number of hydrogen-bond acceptors (Lipinski definition) is 4. The second-order valence-corrected chi connectivity index (χ2v) is 11.8. The number of ether oxygens (including phenoxy) is 2. The molecule has 0 amide bonds. The molecule has 0 N–H and O–H groups in total. The number of hydrogen-bond donors (Lipinski definition) is 0. The zero-order valence-corrected chi connectivity index (χ0v) is 21.7. The van der Waals surface area contributed by atoms with Gasteiger partial charge in [0.1, 0.15) is 12.4 Å². The van der Waals surface area contributed by atoms with Crippen LogP contribution < -0.4 is 4.74 Å². The predicted molar refractivity (Wildman–Crippen MR) is 134 cm³/mol. The highest BCUT2D eigenvalue weighted by molar-refractivity contribution is 5.95.